The Hall–Kier alpha value is -2.77. The Morgan fingerprint density at radius 1 is 1.15 bits per heavy atom. The monoisotopic (exact) mass is 409 g/mol. The van der Waals surface area contributed by atoms with E-state index in [1.807, 2.05) is 6.07 Å². The molecule has 0 heterocycles. The van der Waals surface area contributed by atoms with Crippen molar-refractivity contribution in [1.29, 1.82) is 0 Å². The van der Waals surface area contributed by atoms with Crippen LogP contribution in [-0.4, -0.2) is 31.7 Å². The third kappa shape index (κ3) is 7.16. The lowest BCUT2D eigenvalue weighted by molar-refractivity contribution is -0.126. The second-order valence-corrected chi connectivity index (χ2v) is 6.12. The van der Waals surface area contributed by atoms with E-state index in [-0.39, 0.29) is 12.5 Å². The zero-order valence-electron chi connectivity index (χ0n) is 14.4. The van der Waals surface area contributed by atoms with E-state index in [9.17, 15) is 9.59 Å². The molecule has 0 saturated carbocycles. The van der Waals surface area contributed by atoms with Crippen LogP contribution in [0.25, 0.3) is 0 Å². The van der Waals surface area contributed by atoms with Crippen molar-refractivity contribution >= 4 is 46.9 Å². The van der Waals surface area contributed by atoms with Gasteiger partial charge in [0.2, 0.25) is 0 Å². The highest BCUT2D eigenvalue weighted by atomic mass is 35.5. The van der Waals surface area contributed by atoms with Gasteiger partial charge < -0.3 is 20.2 Å². The molecule has 0 spiro atoms. The first-order chi connectivity index (χ1) is 13.0. The summed E-state index contributed by atoms with van der Waals surface area (Å²) in [6.45, 7) is -0.0215. The van der Waals surface area contributed by atoms with Crippen LogP contribution in [0.2, 0.25) is 10.0 Å². The normalized spacial score (nSPS) is 10.5. The molecule has 0 fully saturated rings. The average molecular weight is 410 g/mol. The van der Waals surface area contributed by atoms with Gasteiger partial charge in [-0.2, -0.15) is 0 Å². The number of nitrogens with zero attached hydrogens (tertiary/aromatic N) is 1. The van der Waals surface area contributed by atoms with Gasteiger partial charge in [0.25, 0.3) is 11.8 Å². The number of methoxy groups -OCH3 is 1. The van der Waals surface area contributed by atoms with Crippen molar-refractivity contribution < 1.29 is 19.2 Å². The van der Waals surface area contributed by atoms with E-state index in [4.69, 9.17) is 32.8 Å². The molecule has 0 atom stereocenters. The molecule has 0 aliphatic heterocycles. The number of carbonyl (C=O) groups excluding carboxylic acids is 2. The summed E-state index contributed by atoms with van der Waals surface area (Å²) in [7, 11) is 1.47. The highest BCUT2D eigenvalue weighted by molar-refractivity contribution is 6.33. The number of nitrogens with one attached hydrogen (secondary N) is 2. The van der Waals surface area contributed by atoms with E-state index in [0.29, 0.717) is 28.0 Å². The van der Waals surface area contributed by atoms with Crippen LogP contribution in [-0.2, 0) is 21.0 Å². The number of anilines is 1. The molecular formula is C18H17Cl2N3O4. The zero-order valence-corrected chi connectivity index (χ0v) is 15.9. The molecule has 2 amide bonds. The number of halogens is 2. The molecule has 2 aromatic carbocycles. The topological polar surface area (TPSA) is 89.0 Å². The Balaban J connectivity index is 1.74. The Kier molecular flexibility index (Phi) is 7.91. The first kappa shape index (κ1) is 20.5. The lowest BCUT2D eigenvalue weighted by Crippen LogP contribution is -2.26. The van der Waals surface area contributed by atoms with Crippen molar-refractivity contribution in [1.82, 2.24) is 5.32 Å². The van der Waals surface area contributed by atoms with Crippen LogP contribution in [0.15, 0.2) is 47.6 Å². The summed E-state index contributed by atoms with van der Waals surface area (Å²) in [6, 6.07) is 11.9. The van der Waals surface area contributed by atoms with Crippen LogP contribution in [0.4, 0.5) is 5.69 Å². The minimum atomic E-state index is -0.560. The fraction of sp³-hybridized carbons (Fsp3) is 0.167. The summed E-state index contributed by atoms with van der Waals surface area (Å²) < 4.78 is 5.12. The molecule has 0 aromatic heterocycles. The average Bonchev–Trinajstić information content (AvgIpc) is 2.64. The largest absolute Gasteiger partial charge is 0.495 e. The van der Waals surface area contributed by atoms with Crippen molar-refractivity contribution in [3.05, 3.63) is 58.1 Å². The van der Waals surface area contributed by atoms with E-state index in [0.717, 1.165) is 11.8 Å². The number of carbonyl (C=O) groups is 2. The summed E-state index contributed by atoms with van der Waals surface area (Å²) in [6.07, 6.45) is 0.907. The predicted octanol–water partition coefficient (Wildman–Crippen LogP) is 3.26. The lowest BCUT2D eigenvalue weighted by Gasteiger charge is -2.08. The molecule has 7 nitrogen and oxygen atoms in total. The fourth-order valence-electron chi connectivity index (χ4n) is 2.02. The molecular weight excluding hydrogens is 393 g/mol. The highest BCUT2D eigenvalue weighted by Gasteiger charge is 2.07. The molecule has 27 heavy (non-hydrogen) atoms. The summed E-state index contributed by atoms with van der Waals surface area (Å²) in [4.78, 5) is 28.3. The first-order valence-corrected chi connectivity index (χ1v) is 8.54. The molecule has 0 unspecified atom stereocenters. The standard InChI is InChI=1S/C18H17Cl2N3O4/c1-26-16-6-5-14(20)8-15(16)23-17(24)10-22-27-11-18(25)21-9-12-3-2-4-13(19)7-12/h2-8,10H,9,11H2,1H3,(H,21,25)(H,23,24)/b22-10-. The highest BCUT2D eigenvalue weighted by Crippen LogP contribution is 2.27. The number of ether oxygens (including phenoxy) is 1. The van der Waals surface area contributed by atoms with Crippen molar-refractivity contribution in [2.75, 3.05) is 19.0 Å². The van der Waals surface area contributed by atoms with E-state index in [1.165, 1.54) is 13.2 Å². The number of rotatable bonds is 8. The maximum absolute atomic E-state index is 11.8. The summed E-state index contributed by atoms with van der Waals surface area (Å²) in [5.41, 5.74) is 1.25. The van der Waals surface area contributed by atoms with E-state index in [1.54, 1.807) is 30.3 Å². The Morgan fingerprint density at radius 3 is 2.67 bits per heavy atom. The van der Waals surface area contributed by atoms with Gasteiger partial charge in [0.05, 0.1) is 12.8 Å². The Labute approximate surface area is 166 Å². The number of amides is 2. The van der Waals surface area contributed by atoms with Crippen molar-refractivity contribution in [2.24, 2.45) is 5.16 Å². The minimum absolute atomic E-state index is 0.307. The van der Waals surface area contributed by atoms with Gasteiger partial charge in [0.1, 0.15) is 12.0 Å². The second-order valence-electron chi connectivity index (χ2n) is 5.25. The molecule has 142 valence electrons. The molecule has 0 bridgehead atoms. The van der Waals surface area contributed by atoms with Gasteiger partial charge in [-0.3, -0.25) is 9.59 Å². The van der Waals surface area contributed by atoms with Gasteiger partial charge in [0.15, 0.2) is 6.61 Å². The van der Waals surface area contributed by atoms with Crippen molar-refractivity contribution in [2.45, 2.75) is 6.54 Å². The van der Waals surface area contributed by atoms with Gasteiger partial charge in [-0.1, -0.05) is 40.5 Å². The first-order valence-electron chi connectivity index (χ1n) is 7.79. The van der Waals surface area contributed by atoms with Crippen LogP contribution in [0.5, 0.6) is 5.75 Å². The molecule has 0 saturated heterocycles. The Morgan fingerprint density at radius 2 is 1.93 bits per heavy atom. The quantitative estimate of drug-likeness (QED) is 0.517. The van der Waals surface area contributed by atoms with Crippen LogP contribution in [0.3, 0.4) is 0 Å². The molecule has 2 aromatic rings. The zero-order chi connectivity index (χ0) is 19.6. The molecule has 0 aliphatic rings. The third-order valence-electron chi connectivity index (χ3n) is 3.24. The molecule has 2 rings (SSSR count). The second kappa shape index (κ2) is 10.4. The van der Waals surface area contributed by atoms with Crippen LogP contribution >= 0.6 is 23.2 Å². The van der Waals surface area contributed by atoms with Gasteiger partial charge in [-0.15, -0.1) is 0 Å². The van der Waals surface area contributed by atoms with Gasteiger partial charge in [-0.05, 0) is 35.9 Å². The summed E-state index contributed by atoms with van der Waals surface area (Å²) >= 11 is 11.8. The molecule has 0 aliphatic carbocycles. The number of benzene rings is 2. The van der Waals surface area contributed by atoms with E-state index in [2.05, 4.69) is 15.8 Å². The number of hydrogen-bond acceptors (Lipinski definition) is 5. The summed E-state index contributed by atoms with van der Waals surface area (Å²) in [5, 5.41) is 9.69. The van der Waals surface area contributed by atoms with E-state index < -0.39 is 5.91 Å². The van der Waals surface area contributed by atoms with Crippen LogP contribution in [0, 0.1) is 0 Å². The van der Waals surface area contributed by atoms with Crippen molar-refractivity contribution in [3.8, 4) is 5.75 Å². The minimum Gasteiger partial charge on any atom is -0.495 e. The molecule has 2 N–H and O–H groups in total. The van der Waals surface area contributed by atoms with Gasteiger partial charge in [-0.25, -0.2) is 0 Å². The Bertz CT molecular complexity index is 843. The maximum atomic E-state index is 11.8. The van der Waals surface area contributed by atoms with Gasteiger partial charge >= 0.3 is 0 Å². The van der Waals surface area contributed by atoms with E-state index >= 15 is 0 Å². The van der Waals surface area contributed by atoms with Gasteiger partial charge in [0, 0.05) is 16.6 Å². The smallest absolute Gasteiger partial charge is 0.270 e. The molecule has 0 radical (unpaired) electrons. The maximum Gasteiger partial charge on any atom is 0.270 e. The third-order valence-corrected chi connectivity index (χ3v) is 3.71. The summed E-state index contributed by atoms with van der Waals surface area (Å²) in [5.74, 6) is -0.499. The van der Waals surface area contributed by atoms with Crippen molar-refractivity contribution in [3.63, 3.8) is 0 Å². The number of oxime groups is 1. The van der Waals surface area contributed by atoms with Crippen LogP contribution < -0.4 is 15.4 Å². The lowest BCUT2D eigenvalue weighted by atomic mass is 10.2. The number of hydrogen-bond donors (Lipinski definition) is 2. The van der Waals surface area contributed by atoms with Crippen LogP contribution in [0.1, 0.15) is 5.56 Å². The predicted molar refractivity (Wildman–Crippen MR) is 104 cm³/mol. The fourth-order valence-corrected chi connectivity index (χ4v) is 2.41. The molecule has 9 heteroatoms. The SMILES string of the molecule is COc1ccc(Cl)cc1NC(=O)/C=N\OCC(=O)NCc1cccc(Cl)c1.